The normalized spacial score (nSPS) is 14.5. The van der Waals surface area contributed by atoms with E-state index in [1.165, 1.54) is 0 Å². The van der Waals surface area contributed by atoms with Crippen LogP contribution < -0.4 is 15.5 Å². The van der Waals surface area contributed by atoms with Gasteiger partial charge in [0.25, 0.3) is 0 Å². The SMILES string of the molecule is Cc1cccc(C)c1NC(=O)Nc1ccc(N2CCN(Cc3ccco3)CC2)nc1. The van der Waals surface area contributed by atoms with Crippen LogP contribution in [-0.2, 0) is 6.54 Å². The quantitative estimate of drug-likeness (QED) is 0.664. The molecular weight excluding hydrogens is 378 g/mol. The molecule has 2 aromatic heterocycles. The fourth-order valence-electron chi connectivity index (χ4n) is 3.69. The number of furan rings is 1. The average Bonchev–Trinajstić information content (AvgIpc) is 3.25. The second kappa shape index (κ2) is 9.00. The van der Waals surface area contributed by atoms with Gasteiger partial charge in [0.05, 0.1) is 24.7 Å². The summed E-state index contributed by atoms with van der Waals surface area (Å²) >= 11 is 0. The van der Waals surface area contributed by atoms with Crippen molar-refractivity contribution in [1.29, 1.82) is 0 Å². The summed E-state index contributed by atoms with van der Waals surface area (Å²) in [6.07, 6.45) is 3.42. The van der Waals surface area contributed by atoms with Crippen LogP contribution in [0.1, 0.15) is 16.9 Å². The van der Waals surface area contributed by atoms with Crippen molar-refractivity contribution in [1.82, 2.24) is 9.88 Å². The molecule has 1 aliphatic rings. The van der Waals surface area contributed by atoms with Gasteiger partial charge in [-0.2, -0.15) is 0 Å². The number of nitrogens with zero attached hydrogens (tertiary/aromatic N) is 3. The van der Waals surface area contributed by atoms with E-state index < -0.39 is 0 Å². The van der Waals surface area contributed by atoms with Gasteiger partial charge in [-0.05, 0) is 49.2 Å². The number of piperazine rings is 1. The number of carbonyl (C=O) groups excluding carboxylic acids is 1. The number of anilines is 3. The zero-order valence-corrected chi connectivity index (χ0v) is 17.4. The number of hydrogen-bond acceptors (Lipinski definition) is 5. The number of carbonyl (C=O) groups is 1. The lowest BCUT2D eigenvalue weighted by Gasteiger charge is -2.35. The van der Waals surface area contributed by atoms with E-state index in [-0.39, 0.29) is 6.03 Å². The smallest absolute Gasteiger partial charge is 0.323 e. The molecule has 3 aromatic rings. The number of urea groups is 1. The molecule has 7 nitrogen and oxygen atoms in total. The number of para-hydroxylation sites is 1. The van der Waals surface area contributed by atoms with Crippen molar-refractivity contribution in [2.45, 2.75) is 20.4 Å². The van der Waals surface area contributed by atoms with Gasteiger partial charge in [0.1, 0.15) is 11.6 Å². The Balaban J connectivity index is 1.29. The molecule has 0 unspecified atom stereocenters. The molecule has 0 aliphatic carbocycles. The zero-order chi connectivity index (χ0) is 20.9. The third-order valence-electron chi connectivity index (χ3n) is 5.38. The first-order valence-corrected chi connectivity index (χ1v) is 10.2. The van der Waals surface area contributed by atoms with Crippen molar-refractivity contribution < 1.29 is 9.21 Å². The van der Waals surface area contributed by atoms with E-state index in [2.05, 4.69) is 25.4 Å². The van der Waals surface area contributed by atoms with Crippen molar-refractivity contribution in [2.75, 3.05) is 41.7 Å². The molecule has 0 spiro atoms. The van der Waals surface area contributed by atoms with Crippen LogP contribution in [0.15, 0.2) is 59.3 Å². The molecule has 1 aliphatic heterocycles. The van der Waals surface area contributed by atoms with Gasteiger partial charge in [-0.15, -0.1) is 0 Å². The molecule has 0 bridgehead atoms. The minimum absolute atomic E-state index is 0.270. The Hall–Kier alpha value is -3.32. The third-order valence-corrected chi connectivity index (χ3v) is 5.38. The molecule has 2 amide bonds. The van der Waals surface area contributed by atoms with Crippen LogP contribution in [0.3, 0.4) is 0 Å². The molecule has 156 valence electrons. The summed E-state index contributed by atoms with van der Waals surface area (Å²) in [6, 6.07) is 13.4. The predicted octanol–water partition coefficient (Wildman–Crippen LogP) is 4.26. The van der Waals surface area contributed by atoms with Crippen LogP contribution in [0, 0.1) is 13.8 Å². The molecule has 1 aromatic carbocycles. The zero-order valence-electron chi connectivity index (χ0n) is 17.4. The van der Waals surface area contributed by atoms with Crippen molar-refractivity contribution in [3.8, 4) is 0 Å². The Morgan fingerprint density at radius 3 is 2.40 bits per heavy atom. The third kappa shape index (κ3) is 4.80. The molecule has 30 heavy (non-hydrogen) atoms. The highest BCUT2D eigenvalue weighted by atomic mass is 16.3. The number of benzene rings is 1. The van der Waals surface area contributed by atoms with Gasteiger partial charge in [-0.3, -0.25) is 4.90 Å². The fourth-order valence-corrected chi connectivity index (χ4v) is 3.69. The van der Waals surface area contributed by atoms with Crippen molar-refractivity contribution in [2.24, 2.45) is 0 Å². The number of amides is 2. The largest absolute Gasteiger partial charge is 0.468 e. The molecule has 2 N–H and O–H groups in total. The molecule has 3 heterocycles. The number of aromatic nitrogens is 1. The highest BCUT2D eigenvalue weighted by molar-refractivity contribution is 6.00. The Morgan fingerprint density at radius 1 is 1.00 bits per heavy atom. The molecule has 7 heteroatoms. The van der Waals surface area contributed by atoms with Crippen LogP contribution in [0.25, 0.3) is 0 Å². The number of nitrogens with one attached hydrogen (secondary N) is 2. The van der Waals surface area contributed by atoms with Gasteiger partial charge in [-0.25, -0.2) is 9.78 Å². The summed E-state index contributed by atoms with van der Waals surface area (Å²) in [5.41, 5.74) is 3.57. The van der Waals surface area contributed by atoms with Crippen molar-refractivity contribution >= 4 is 23.2 Å². The van der Waals surface area contributed by atoms with E-state index in [0.717, 1.165) is 61.1 Å². The molecule has 1 saturated heterocycles. The van der Waals surface area contributed by atoms with Crippen LogP contribution >= 0.6 is 0 Å². The standard InChI is InChI=1S/C23H27N5O2/c1-17-5-3-6-18(2)22(17)26-23(29)25-19-8-9-21(24-15-19)28-12-10-27(11-13-28)16-20-7-4-14-30-20/h3-9,14-15H,10-13,16H2,1-2H3,(H2,25,26,29). The van der Waals surface area contributed by atoms with Crippen LogP contribution in [0.2, 0.25) is 0 Å². The van der Waals surface area contributed by atoms with Gasteiger partial charge in [0.15, 0.2) is 0 Å². The summed E-state index contributed by atoms with van der Waals surface area (Å²) in [5.74, 6) is 1.92. The molecule has 0 radical (unpaired) electrons. The molecular formula is C23H27N5O2. The first-order valence-electron chi connectivity index (χ1n) is 10.2. The summed E-state index contributed by atoms with van der Waals surface area (Å²) in [6.45, 7) is 8.54. The first-order chi connectivity index (χ1) is 14.6. The van der Waals surface area contributed by atoms with E-state index in [1.54, 1.807) is 12.5 Å². The fraction of sp³-hybridized carbons (Fsp3) is 0.304. The van der Waals surface area contributed by atoms with Gasteiger partial charge < -0.3 is 20.0 Å². The minimum Gasteiger partial charge on any atom is -0.468 e. The molecule has 1 fully saturated rings. The summed E-state index contributed by atoms with van der Waals surface area (Å²) in [5, 5.41) is 5.78. The Bertz CT molecular complexity index is 957. The maximum Gasteiger partial charge on any atom is 0.323 e. The van der Waals surface area contributed by atoms with Crippen LogP contribution in [-0.4, -0.2) is 42.1 Å². The number of rotatable bonds is 5. The van der Waals surface area contributed by atoms with Crippen molar-refractivity contribution in [3.63, 3.8) is 0 Å². The lowest BCUT2D eigenvalue weighted by atomic mass is 10.1. The van der Waals surface area contributed by atoms with Crippen LogP contribution in [0.4, 0.5) is 22.0 Å². The number of hydrogen-bond donors (Lipinski definition) is 2. The van der Waals surface area contributed by atoms with Crippen LogP contribution in [0.5, 0.6) is 0 Å². The molecule has 4 rings (SSSR count). The summed E-state index contributed by atoms with van der Waals surface area (Å²) in [7, 11) is 0. The summed E-state index contributed by atoms with van der Waals surface area (Å²) in [4.78, 5) is 21.6. The van der Waals surface area contributed by atoms with E-state index >= 15 is 0 Å². The topological polar surface area (TPSA) is 73.6 Å². The van der Waals surface area contributed by atoms with E-state index in [1.807, 2.05) is 56.3 Å². The molecule has 0 saturated carbocycles. The lowest BCUT2D eigenvalue weighted by Crippen LogP contribution is -2.46. The van der Waals surface area contributed by atoms with Crippen molar-refractivity contribution in [3.05, 3.63) is 71.8 Å². The van der Waals surface area contributed by atoms with Gasteiger partial charge in [-0.1, -0.05) is 18.2 Å². The maximum absolute atomic E-state index is 12.4. The predicted molar refractivity (Wildman–Crippen MR) is 119 cm³/mol. The van der Waals surface area contributed by atoms with E-state index in [0.29, 0.717) is 5.69 Å². The van der Waals surface area contributed by atoms with Gasteiger partial charge >= 0.3 is 6.03 Å². The Kier molecular flexibility index (Phi) is 5.99. The highest BCUT2D eigenvalue weighted by Gasteiger charge is 2.19. The minimum atomic E-state index is -0.270. The monoisotopic (exact) mass is 405 g/mol. The number of aryl methyl sites for hydroxylation is 2. The lowest BCUT2D eigenvalue weighted by molar-refractivity contribution is 0.230. The van der Waals surface area contributed by atoms with Gasteiger partial charge in [0, 0.05) is 31.9 Å². The Labute approximate surface area is 176 Å². The maximum atomic E-state index is 12.4. The van der Waals surface area contributed by atoms with E-state index in [4.69, 9.17) is 4.42 Å². The number of pyridine rings is 1. The second-order valence-electron chi connectivity index (χ2n) is 7.59. The average molecular weight is 406 g/mol. The Morgan fingerprint density at radius 2 is 1.77 bits per heavy atom. The second-order valence-corrected chi connectivity index (χ2v) is 7.59. The van der Waals surface area contributed by atoms with E-state index in [9.17, 15) is 4.79 Å². The summed E-state index contributed by atoms with van der Waals surface area (Å²) < 4.78 is 5.44. The highest BCUT2D eigenvalue weighted by Crippen LogP contribution is 2.21. The van der Waals surface area contributed by atoms with Gasteiger partial charge in [0.2, 0.25) is 0 Å². The first kappa shape index (κ1) is 20.0. The molecule has 0 atom stereocenters.